The molecule has 1 saturated carbocycles. The van der Waals surface area contributed by atoms with E-state index in [4.69, 9.17) is 21.1 Å². The van der Waals surface area contributed by atoms with Crippen molar-refractivity contribution in [2.24, 2.45) is 29.6 Å². The number of phenols is 1. The summed E-state index contributed by atoms with van der Waals surface area (Å²) in [5.74, 6) is -5.26. The second-order valence-corrected chi connectivity index (χ2v) is 13.8. The third-order valence-corrected chi connectivity index (χ3v) is 11.1. The van der Waals surface area contributed by atoms with Gasteiger partial charge in [0, 0.05) is 17.5 Å². The number of carbonyl (C=O) groups excluding carboxylic acids is 4. The zero-order valence-electron chi connectivity index (χ0n) is 28.3. The van der Waals surface area contributed by atoms with Crippen LogP contribution in [0.2, 0.25) is 5.02 Å². The number of likely N-dealkylation sites (tertiary alicyclic amines) is 1. The number of allylic oxidation sites excluding steroid dienone is 3. The molecule has 0 radical (unpaired) electrons. The van der Waals surface area contributed by atoms with Crippen molar-refractivity contribution in [3.63, 3.8) is 0 Å². The van der Waals surface area contributed by atoms with Crippen molar-refractivity contribution in [2.75, 3.05) is 26.2 Å². The third kappa shape index (κ3) is 5.37. The molecule has 0 spiro atoms. The molecule has 264 valence electrons. The van der Waals surface area contributed by atoms with Gasteiger partial charge in [-0.3, -0.25) is 29.5 Å². The van der Waals surface area contributed by atoms with E-state index in [9.17, 15) is 23.9 Å². The van der Waals surface area contributed by atoms with E-state index in [-0.39, 0.29) is 35.5 Å². The van der Waals surface area contributed by atoms with Gasteiger partial charge in [-0.1, -0.05) is 54.5 Å². The number of ether oxygens (including phenoxy) is 2. The summed E-state index contributed by atoms with van der Waals surface area (Å²) in [5.41, 5.74) is 3.70. The van der Waals surface area contributed by atoms with Gasteiger partial charge in [-0.25, -0.2) is 4.39 Å². The molecule has 6 atom stereocenters. The number of methoxy groups -OCH3 is 2. The molecule has 2 aliphatic carbocycles. The Bertz CT molecular complexity index is 1960. The average molecular weight is 714 g/mol. The minimum absolute atomic E-state index is 0.145. The Balaban J connectivity index is 1.43. The summed E-state index contributed by atoms with van der Waals surface area (Å²) in [5, 5.41) is 12.0. The summed E-state index contributed by atoms with van der Waals surface area (Å²) in [6.45, 7) is 2.22. The van der Waals surface area contributed by atoms with Crippen LogP contribution in [-0.2, 0) is 24.6 Å². The molecule has 4 aliphatic rings. The van der Waals surface area contributed by atoms with Crippen molar-refractivity contribution in [1.29, 1.82) is 0 Å². The number of hydrazine groups is 1. The van der Waals surface area contributed by atoms with Crippen molar-refractivity contribution in [2.45, 2.75) is 31.6 Å². The molecule has 12 heteroatoms. The molecule has 51 heavy (non-hydrogen) atoms. The number of nitrogens with zero attached hydrogens (tertiary/aromatic N) is 2. The monoisotopic (exact) mass is 713 g/mol. The molecule has 7 rings (SSSR count). The van der Waals surface area contributed by atoms with Crippen LogP contribution >= 0.6 is 11.6 Å². The van der Waals surface area contributed by atoms with E-state index in [2.05, 4.69) is 5.43 Å². The van der Waals surface area contributed by atoms with Gasteiger partial charge in [0.05, 0.1) is 43.1 Å². The molecule has 3 aromatic carbocycles. The summed E-state index contributed by atoms with van der Waals surface area (Å²) in [6, 6.07) is 15.4. The van der Waals surface area contributed by atoms with Gasteiger partial charge in [0.25, 0.3) is 11.8 Å². The van der Waals surface area contributed by atoms with Gasteiger partial charge in [0.15, 0.2) is 11.5 Å². The number of nitrogens with one attached hydrogen (secondary N) is 1. The number of hydrogen-bond acceptors (Lipinski definition) is 8. The lowest BCUT2D eigenvalue weighted by Crippen LogP contribution is -2.54. The molecular weight excluding hydrogens is 677 g/mol. The normalized spacial score (nSPS) is 27.0. The topological polar surface area (TPSA) is 125 Å². The minimum Gasteiger partial charge on any atom is -0.502 e. The summed E-state index contributed by atoms with van der Waals surface area (Å²) < 4.78 is 24.6. The van der Waals surface area contributed by atoms with E-state index in [1.54, 1.807) is 42.5 Å². The first-order valence-corrected chi connectivity index (χ1v) is 17.3. The number of fused-ring (bicyclic) bond motifs is 4. The number of hydrogen-bond donors (Lipinski definition) is 2. The number of rotatable bonds is 9. The summed E-state index contributed by atoms with van der Waals surface area (Å²) in [6.07, 6.45) is 6.67. The fourth-order valence-corrected chi connectivity index (χ4v) is 8.75. The first-order valence-electron chi connectivity index (χ1n) is 16.9. The van der Waals surface area contributed by atoms with E-state index < -0.39 is 52.6 Å². The van der Waals surface area contributed by atoms with Crippen molar-refractivity contribution in [1.82, 2.24) is 9.91 Å². The van der Waals surface area contributed by atoms with Crippen LogP contribution in [0.3, 0.4) is 0 Å². The van der Waals surface area contributed by atoms with Crippen LogP contribution in [0.5, 0.6) is 17.2 Å². The van der Waals surface area contributed by atoms with Gasteiger partial charge in [-0.15, -0.1) is 0 Å². The Morgan fingerprint density at radius 1 is 0.961 bits per heavy atom. The number of carbonyl (C=O) groups is 4. The van der Waals surface area contributed by atoms with Crippen LogP contribution in [-0.4, -0.2) is 59.4 Å². The third-order valence-electron chi connectivity index (χ3n) is 10.8. The molecule has 2 N–H and O–H groups in total. The van der Waals surface area contributed by atoms with Gasteiger partial charge < -0.3 is 14.6 Å². The fourth-order valence-electron chi connectivity index (χ4n) is 8.63. The van der Waals surface area contributed by atoms with Crippen LogP contribution in [0, 0.1) is 35.4 Å². The van der Waals surface area contributed by atoms with Gasteiger partial charge in [-0.05, 0) is 84.8 Å². The van der Waals surface area contributed by atoms with Gasteiger partial charge in [-0.2, -0.15) is 5.01 Å². The van der Waals surface area contributed by atoms with Crippen molar-refractivity contribution < 1.29 is 38.1 Å². The molecule has 0 unspecified atom stereocenters. The molecular formula is C39H37ClFN3O7. The predicted molar refractivity (Wildman–Crippen MR) is 187 cm³/mol. The first kappa shape index (κ1) is 34.3. The van der Waals surface area contributed by atoms with Crippen LogP contribution in [0.1, 0.15) is 37.3 Å². The molecule has 10 nitrogen and oxygen atoms in total. The largest absolute Gasteiger partial charge is 0.502 e. The number of phenolic OH excluding ortho intramolecular Hbond substituents is 1. The maximum atomic E-state index is 15.1. The summed E-state index contributed by atoms with van der Waals surface area (Å²) in [4.78, 5) is 58.6. The second-order valence-electron chi connectivity index (χ2n) is 13.4. The number of halogens is 2. The number of imide groups is 2. The number of amides is 4. The highest BCUT2D eigenvalue weighted by molar-refractivity contribution is 6.30. The van der Waals surface area contributed by atoms with Gasteiger partial charge in [0.1, 0.15) is 5.82 Å². The lowest BCUT2D eigenvalue weighted by molar-refractivity contribution is -0.141. The number of aromatic hydroxyl groups is 1. The quantitative estimate of drug-likeness (QED) is 0.200. The molecule has 2 heterocycles. The Morgan fingerprint density at radius 2 is 1.63 bits per heavy atom. The first-order chi connectivity index (χ1) is 24.5. The van der Waals surface area contributed by atoms with Crippen LogP contribution in [0.25, 0.3) is 6.08 Å². The molecule has 3 fully saturated rings. The van der Waals surface area contributed by atoms with Gasteiger partial charge in [0.2, 0.25) is 17.6 Å². The van der Waals surface area contributed by atoms with Crippen molar-refractivity contribution in [3.05, 3.63) is 100 Å². The Labute approximate surface area is 299 Å². The second kappa shape index (κ2) is 13.2. The molecule has 3 aromatic rings. The van der Waals surface area contributed by atoms with E-state index in [1.807, 2.05) is 19.1 Å². The van der Waals surface area contributed by atoms with Crippen molar-refractivity contribution in [3.8, 4) is 17.2 Å². The lowest BCUT2D eigenvalue weighted by Gasteiger charge is -2.49. The molecule has 2 aliphatic heterocycles. The smallest absolute Gasteiger partial charge is 0.260 e. The predicted octanol–water partition coefficient (Wildman–Crippen LogP) is 6.14. The standard InChI is InChI=1S/C39H37ClFN3O7/c1-4-17-43-35(46)27-15-14-26-28(33(27)37(43)48)20-30-36(47)44(42-25-12-10-24(41)11-13-25)38(49)39(30,22-6-8-23(40)9-7-22)29(26)16-5-21-18-31(50-2)34(45)32(19-21)51-3/h5-14,16,18-19,27-30,33,42,45H,4,15,17,20H2,1-3H3/t27-,28+,29-,30-,33-,39-/m0/s1. The maximum Gasteiger partial charge on any atom is 0.260 e. The van der Waals surface area contributed by atoms with E-state index >= 15 is 4.79 Å². The summed E-state index contributed by atoms with van der Waals surface area (Å²) >= 11 is 6.34. The van der Waals surface area contributed by atoms with Crippen LogP contribution in [0.4, 0.5) is 10.1 Å². The Hall–Kier alpha value is -5.16. The summed E-state index contributed by atoms with van der Waals surface area (Å²) in [7, 11) is 2.84. The molecule has 0 aromatic heterocycles. The van der Waals surface area contributed by atoms with E-state index in [0.717, 1.165) is 10.6 Å². The van der Waals surface area contributed by atoms with E-state index in [1.165, 1.54) is 43.4 Å². The highest BCUT2D eigenvalue weighted by Crippen LogP contribution is 2.61. The highest BCUT2D eigenvalue weighted by Gasteiger charge is 2.69. The zero-order chi connectivity index (χ0) is 36.2. The minimum atomic E-state index is -1.50. The number of anilines is 1. The molecule has 2 saturated heterocycles. The fraction of sp³-hybridized carbons (Fsp3) is 0.333. The average Bonchev–Trinajstić information content (AvgIpc) is 3.50. The van der Waals surface area contributed by atoms with Gasteiger partial charge >= 0.3 is 0 Å². The molecule has 0 bridgehead atoms. The SMILES string of the molecule is CCCN1C(=O)[C@H]2[C@H](CC=C3[C@H]2C[C@H]2C(=O)N(Nc4ccc(F)cc4)C(=O)[C@@]2(c2ccc(Cl)cc2)[C@H]3C=Cc2cc(OC)c(O)c(OC)c2)C1=O. The van der Waals surface area contributed by atoms with Crippen molar-refractivity contribution >= 4 is 47.0 Å². The maximum absolute atomic E-state index is 15.1. The number of benzene rings is 3. The molecule has 4 amide bonds. The van der Waals surface area contributed by atoms with Crippen LogP contribution < -0.4 is 14.9 Å². The van der Waals surface area contributed by atoms with E-state index in [0.29, 0.717) is 41.2 Å². The lowest BCUT2D eigenvalue weighted by atomic mass is 9.50. The zero-order valence-corrected chi connectivity index (χ0v) is 29.0. The van der Waals surface area contributed by atoms with Crippen LogP contribution in [0.15, 0.2) is 78.4 Å². The highest BCUT2D eigenvalue weighted by atomic mass is 35.5. The Morgan fingerprint density at radius 3 is 2.25 bits per heavy atom. The Kier molecular flexibility index (Phi) is 8.87.